The van der Waals surface area contributed by atoms with Crippen LogP contribution in [-0.4, -0.2) is 28.5 Å². The van der Waals surface area contributed by atoms with Crippen LogP contribution >= 0.6 is 0 Å². The summed E-state index contributed by atoms with van der Waals surface area (Å²) in [4.78, 5) is 25.5. The summed E-state index contributed by atoms with van der Waals surface area (Å²) in [6, 6.07) is 8.20. The summed E-state index contributed by atoms with van der Waals surface area (Å²) < 4.78 is 18.9. The number of nitrogens with zero attached hydrogens (tertiary/aromatic N) is 1. The zero-order valence-electron chi connectivity index (χ0n) is 12.3. The number of furan rings is 1. The molecule has 2 heterocycles. The van der Waals surface area contributed by atoms with Gasteiger partial charge in [-0.2, -0.15) is 0 Å². The Hall–Kier alpha value is -2.67. The molecule has 2 atom stereocenters. The van der Waals surface area contributed by atoms with Crippen LogP contribution in [0, 0.1) is 5.82 Å². The molecule has 1 saturated heterocycles. The molecular formula is C16H15FN2O4. The summed E-state index contributed by atoms with van der Waals surface area (Å²) in [5.41, 5.74) is -1.31. The fourth-order valence-electron chi connectivity index (χ4n) is 2.61. The van der Waals surface area contributed by atoms with Gasteiger partial charge in [0.15, 0.2) is 5.54 Å². The Morgan fingerprint density at radius 1 is 1.30 bits per heavy atom. The van der Waals surface area contributed by atoms with E-state index in [4.69, 9.17) is 4.42 Å². The molecule has 1 aliphatic heterocycles. The molecule has 2 N–H and O–H groups in total. The molecule has 0 saturated carbocycles. The van der Waals surface area contributed by atoms with E-state index in [9.17, 15) is 19.1 Å². The van der Waals surface area contributed by atoms with Crippen LogP contribution < -0.4 is 5.32 Å². The third-order valence-corrected chi connectivity index (χ3v) is 3.91. The van der Waals surface area contributed by atoms with Gasteiger partial charge in [0.25, 0.3) is 5.91 Å². The molecule has 0 bridgehead atoms. The van der Waals surface area contributed by atoms with Gasteiger partial charge >= 0.3 is 6.03 Å². The molecule has 7 heteroatoms. The first-order chi connectivity index (χ1) is 10.9. The first-order valence-electron chi connectivity index (χ1n) is 7.04. The number of urea groups is 1. The lowest BCUT2D eigenvalue weighted by atomic mass is 9.99. The lowest BCUT2D eigenvalue weighted by Gasteiger charge is -2.21. The van der Waals surface area contributed by atoms with E-state index < -0.39 is 29.4 Å². The highest BCUT2D eigenvalue weighted by atomic mass is 19.1. The summed E-state index contributed by atoms with van der Waals surface area (Å²) in [6.45, 7) is 1.17. The lowest BCUT2D eigenvalue weighted by molar-refractivity contribution is -0.132. The van der Waals surface area contributed by atoms with Crippen molar-refractivity contribution in [3.63, 3.8) is 0 Å². The largest absolute Gasteiger partial charge is 0.466 e. The molecule has 1 aliphatic rings. The summed E-state index contributed by atoms with van der Waals surface area (Å²) >= 11 is 0. The van der Waals surface area contributed by atoms with Crippen LogP contribution in [0.3, 0.4) is 0 Å². The topological polar surface area (TPSA) is 82.8 Å². The number of carbonyl (C=O) groups is 2. The van der Waals surface area contributed by atoms with E-state index in [-0.39, 0.29) is 12.1 Å². The number of hydrogen-bond donors (Lipinski definition) is 2. The Bertz CT molecular complexity index is 746. The van der Waals surface area contributed by atoms with Crippen molar-refractivity contribution in [3.05, 3.63) is 59.8 Å². The number of benzene rings is 1. The highest BCUT2D eigenvalue weighted by Gasteiger charge is 2.51. The molecule has 1 fully saturated rings. The number of rotatable bonds is 4. The minimum absolute atomic E-state index is 0.0275. The molecule has 6 nitrogen and oxygen atoms in total. The average molecular weight is 318 g/mol. The molecule has 23 heavy (non-hydrogen) atoms. The maximum absolute atomic E-state index is 13.7. The van der Waals surface area contributed by atoms with Crippen LogP contribution in [0.5, 0.6) is 0 Å². The first-order valence-corrected chi connectivity index (χ1v) is 7.04. The number of halogens is 1. The van der Waals surface area contributed by atoms with E-state index in [1.165, 1.54) is 31.4 Å². The molecule has 0 radical (unpaired) electrons. The van der Waals surface area contributed by atoms with E-state index in [2.05, 4.69) is 5.32 Å². The van der Waals surface area contributed by atoms with Gasteiger partial charge < -0.3 is 14.8 Å². The van der Waals surface area contributed by atoms with Gasteiger partial charge in [-0.25, -0.2) is 9.18 Å². The molecule has 1 aromatic heterocycles. The van der Waals surface area contributed by atoms with E-state index in [0.717, 1.165) is 4.90 Å². The van der Waals surface area contributed by atoms with Crippen LogP contribution in [0.25, 0.3) is 0 Å². The third kappa shape index (κ3) is 2.49. The van der Waals surface area contributed by atoms with Crippen LogP contribution in [0.1, 0.15) is 24.4 Å². The summed E-state index contributed by atoms with van der Waals surface area (Å²) in [5, 5.41) is 12.7. The SMILES string of the molecule is C[C@]1(c2ccco2)NC(=O)N(C[C@H](O)c2ccccc2F)C1=O. The second kappa shape index (κ2) is 5.51. The number of aliphatic hydroxyl groups is 1. The predicted molar refractivity (Wildman–Crippen MR) is 77.7 cm³/mol. The van der Waals surface area contributed by atoms with Crippen molar-refractivity contribution in [1.82, 2.24) is 10.2 Å². The molecule has 2 aromatic rings. The second-order valence-electron chi connectivity index (χ2n) is 5.49. The molecule has 0 unspecified atom stereocenters. The highest BCUT2D eigenvalue weighted by Crippen LogP contribution is 2.30. The minimum Gasteiger partial charge on any atom is -0.466 e. The van der Waals surface area contributed by atoms with Gasteiger partial charge in [-0.1, -0.05) is 18.2 Å². The number of carbonyl (C=O) groups excluding carboxylic acids is 2. The number of nitrogens with one attached hydrogen (secondary N) is 1. The summed E-state index contributed by atoms with van der Waals surface area (Å²) in [7, 11) is 0. The van der Waals surface area contributed by atoms with E-state index in [1.54, 1.807) is 18.2 Å². The fourth-order valence-corrected chi connectivity index (χ4v) is 2.61. The quantitative estimate of drug-likeness (QED) is 0.844. The number of imide groups is 1. The van der Waals surface area contributed by atoms with Gasteiger partial charge in [0.05, 0.1) is 18.9 Å². The number of β-amino-alcohol motifs (C(OH)–C–C–N with tert-alkyl or cyclic N) is 1. The summed E-state index contributed by atoms with van der Waals surface area (Å²) in [6.07, 6.45) is 0.0847. The molecule has 3 amide bonds. The molecule has 0 spiro atoms. The number of aliphatic hydroxyl groups excluding tert-OH is 1. The van der Waals surface area contributed by atoms with Crippen molar-refractivity contribution in [2.75, 3.05) is 6.54 Å². The van der Waals surface area contributed by atoms with E-state index in [0.29, 0.717) is 5.76 Å². The fraction of sp³-hybridized carbons (Fsp3) is 0.250. The summed E-state index contributed by atoms with van der Waals surface area (Å²) in [5.74, 6) is -0.868. The lowest BCUT2D eigenvalue weighted by Crippen LogP contribution is -2.41. The maximum Gasteiger partial charge on any atom is 0.325 e. The van der Waals surface area contributed by atoms with Gasteiger partial charge in [-0.3, -0.25) is 9.69 Å². The van der Waals surface area contributed by atoms with E-state index in [1.807, 2.05) is 0 Å². The average Bonchev–Trinajstić information content (AvgIpc) is 3.12. The zero-order valence-corrected chi connectivity index (χ0v) is 12.3. The molecule has 3 rings (SSSR count). The van der Waals surface area contributed by atoms with Gasteiger partial charge in [-0.15, -0.1) is 0 Å². The minimum atomic E-state index is -1.34. The van der Waals surface area contributed by atoms with Crippen molar-refractivity contribution in [2.24, 2.45) is 0 Å². The highest BCUT2D eigenvalue weighted by molar-refractivity contribution is 6.06. The van der Waals surface area contributed by atoms with Crippen LogP contribution in [0.4, 0.5) is 9.18 Å². The number of amides is 3. The molecule has 1 aromatic carbocycles. The van der Waals surface area contributed by atoms with Crippen molar-refractivity contribution in [2.45, 2.75) is 18.6 Å². The smallest absolute Gasteiger partial charge is 0.325 e. The maximum atomic E-state index is 13.7. The normalized spacial score (nSPS) is 22.3. The number of hydrogen-bond acceptors (Lipinski definition) is 4. The van der Waals surface area contributed by atoms with Crippen LogP contribution in [-0.2, 0) is 10.3 Å². The van der Waals surface area contributed by atoms with Gasteiger partial charge in [0.1, 0.15) is 11.6 Å². The second-order valence-corrected chi connectivity index (χ2v) is 5.49. The van der Waals surface area contributed by atoms with Crippen LogP contribution in [0.2, 0.25) is 0 Å². The van der Waals surface area contributed by atoms with Crippen LogP contribution in [0.15, 0.2) is 47.1 Å². The Morgan fingerprint density at radius 2 is 2.04 bits per heavy atom. The first kappa shape index (κ1) is 15.2. The van der Waals surface area contributed by atoms with Gasteiger partial charge in [-0.05, 0) is 25.1 Å². The van der Waals surface area contributed by atoms with Gasteiger partial charge in [0, 0.05) is 5.56 Å². The van der Waals surface area contributed by atoms with Gasteiger partial charge in [0.2, 0.25) is 0 Å². The standard InChI is InChI=1S/C16H15FN2O4/c1-16(13-7-4-8-23-13)14(21)19(15(22)18-16)9-12(20)10-5-2-3-6-11(10)17/h2-8,12,20H,9H2,1H3,(H,18,22)/t12-,16+/m0/s1. The molecule has 120 valence electrons. The zero-order chi connectivity index (χ0) is 16.6. The van der Waals surface area contributed by atoms with E-state index >= 15 is 0 Å². The third-order valence-electron chi connectivity index (χ3n) is 3.91. The Labute approximate surface area is 131 Å². The Balaban J connectivity index is 1.83. The predicted octanol–water partition coefficient (Wildman–Crippen LogP) is 1.92. The Kier molecular flexibility index (Phi) is 3.65. The van der Waals surface area contributed by atoms with Crippen molar-refractivity contribution in [1.29, 1.82) is 0 Å². The molecular weight excluding hydrogens is 303 g/mol. The molecule has 0 aliphatic carbocycles. The monoisotopic (exact) mass is 318 g/mol. The van der Waals surface area contributed by atoms with Crippen molar-refractivity contribution >= 4 is 11.9 Å². The Morgan fingerprint density at radius 3 is 2.70 bits per heavy atom. The van der Waals surface area contributed by atoms with Crippen molar-refractivity contribution in [3.8, 4) is 0 Å². The van der Waals surface area contributed by atoms with Crippen molar-refractivity contribution < 1.29 is 23.5 Å².